The van der Waals surface area contributed by atoms with Crippen LogP contribution in [0.15, 0.2) is 59.8 Å². The second kappa shape index (κ2) is 10.2. The molecule has 1 saturated carbocycles. The highest BCUT2D eigenvalue weighted by Gasteiger charge is 2.34. The van der Waals surface area contributed by atoms with Gasteiger partial charge < -0.3 is 14.2 Å². The predicted molar refractivity (Wildman–Crippen MR) is 118 cm³/mol. The molecule has 29 heavy (non-hydrogen) atoms. The molecule has 3 rings (SSSR count). The van der Waals surface area contributed by atoms with E-state index in [1.807, 2.05) is 48.0 Å². The molecule has 0 amide bonds. The van der Waals surface area contributed by atoms with Crippen molar-refractivity contribution >= 4 is 34.5 Å². The van der Waals surface area contributed by atoms with Gasteiger partial charge in [0.25, 0.3) is 0 Å². The first-order valence-electron chi connectivity index (χ1n) is 9.40. The minimum atomic E-state index is -0.411. The molecular weight excluding hydrogens is 386 g/mol. The van der Waals surface area contributed by atoms with Gasteiger partial charge in [-0.05, 0) is 54.2 Å². The molecule has 0 bridgehead atoms. The van der Waals surface area contributed by atoms with Gasteiger partial charge in [0.15, 0.2) is 0 Å². The van der Waals surface area contributed by atoms with E-state index in [0.717, 1.165) is 22.6 Å². The van der Waals surface area contributed by atoms with Gasteiger partial charge in [-0.15, -0.1) is 11.8 Å². The molecule has 1 aliphatic carbocycles. The molecule has 1 aliphatic rings. The quantitative estimate of drug-likeness (QED) is 0.182. The standard InChI is InChI=1S/C23H25NO4S/c1-26-14-21(23(25)28-3)19-6-4-5-7-20(19)22(16-8-9-16)29-15-24-17-10-12-18(27-2)13-11-17/h4-7,10-16,22H,8-9H2,1-3H3. The van der Waals surface area contributed by atoms with Gasteiger partial charge in [-0.3, -0.25) is 4.99 Å². The van der Waals surface area contributed by atoms with Crippen molar-refractivity contribution in [1.82, 2.24) is 0 Å². The summed E-state index contributed by atoms with van der Waals surface area (Å²) < 4.78 is 15.3. The van der Waals surface area contributed by atoms with E-state index in [1.165, 1.54) is 33.3 Å². The van der Waals surface area contributed by atoms with E-state index in [9.17, 15) is 4.79 Å². The number of hydrogen-bond acceptors (Lipinski definition) is 6. The number of ether oxygens (including phenoxy) is 3. The summed E-state index contributed by atoms with van der Waals surface area (Å²) in [5.41, 5.74) is 5.11. The molecule has 2 aromatic rings. The number of thioether (sulfide) groups is 1. The van der Waals surface area contributed by atoms with Crippen molar-refractivity contribution in [3.63, 3.8) is 0 Å². The van der Waals surface area contributed by atoms with Gasteiger partial charge in [-0.1, -0.05) is 24.3 Å². The molecular formula is C23H25NO4S. The average molecular weight is 412 g/mol. The molecule has 6 heteroatoms. The summed E-state index contributed by atoms with van der Waals surface area (Å²) >= 11 is 1.68. The maximum Gasteiger partial charge on any atom is 0.341 e. The Morgan fingerprint density at radius 2 is 1.83 bits per heavy atom. The van der Waals surface area contributed by atoms with Crippen LogP contribution in [0.5, 0.6) is 5.75 Å². The number of benzene rings is 2. The van der Waals surface area contributed by atoms with Gasteiger partial charge in [-0.2, -0.15) is 0 Å². The Bertz CT molecular complexity index is 888. The van der Waals surface area contributed by atoms with Crippen LogP contribution in [0.3, 0.4) is 0 Å². The van der Waals surface area contributed by atoms with E-state index in [4.69, 9.17) is 14.2 Å². The third-order valence-corrected chi connectivity index (χ3v) is 5.89. The van der Waals surface area contributed by atoms with Crippen molar-refractivity contribution in [3.8, 4) is 5.75 Å². The molecule has 0 aromatic heterocycles. The van der Waals surface area contributed by atoms with Crippen LogP contribution >= 0.6 is 11.8 Å². The summed E-state index contributed by atoms with van der Waals surface area (Å²) in [6.07, 6.45) is 3.79. The molecule has 0 heterocycles. The zero-order valence-corrected chi connectivity index (χ0v) is 17.6. The lowest BCUT2D eigenvalue weighted by atomic mass is 9.96. The van der Waals surface area contributed by atoms with Crippen molar-refractivity contribution in [2.75, 3.05) is 21.3 Å². The summed E-state index contributed by atoms with van der Waals surface area (Å²) in [5, 5.41) is 0.207. The summed E-state index contributed by atoms with van der Waals surface area (Å²) in [6.45, 7) is 0. The van der Waals surface area contributed by atoms with Gasteiger partial charge in [0, 0.05) is 5.25 Å². The largest absolute Gasteiger partial charge is 0.503 e. The van der Waals surface area contributed by atoms with E-state index >= 15 is 0 Å². The van der Waals surface area contributed by atoms with Crippen molar-refractivity contribution < 1.29 is 19.0 Å². The van der Waals surface area contributed by atoms with Crippen molar-refractivity contribution in [1.29, 1.82) is 0 Å². The van der Waals surface area contributed by atoms with Crippen molar-refractivity contribution in [2.45, 2.75) is 18.1 Å². The molecule has 0 saturated heterocycles. The van der Waals surface area contributed by atoms with E-state index in [2.05, 4.69) is 11.1 Å². The van der Waals surface area contributed by atoms with Crippen molar-refractivity contribution in [2.24, 2.45) is 10.9 Å². The van der Waals surface area contributed by atoms with Gasteiger partial charge >= 0.3 is 5.97 Å². The smallest absolute Gasteiger partial charge is 0.341 e. The highest BCUT2D eigenvalue weighted by Crippen LogP contribution is 2.50. The fourth-order valence-electron chi connectivity index (χ4n) is 3.10. The number of carbonyl (C=O) groups excluding carboxylic acids is 1. The minimum Gasteiger partial charge on any atom is -0.503 e. The summed E-state index contributed by atoms with van der Waals surface area (Å²) in [6, 6.07) is 15.6. The predicted octanol–water partition coefficient (Wildman–Crippen LogP) is 5.40. The Morgan fingerprint density at radius 1 is 1.10 bits per heavy atom. The van der Waals surface area contributed by atoms with Gasteiger partial charge in [0.1, 0.15) is 11.3 Å². The number of rotatable bonds is 9. The SMILES string of the molecule is COC=C(C(=O)OC)c1ccccc1C(SC=Nc1ccc(OC)cc1)C1CC1. The second-order valence-electron chi connectivity index (χ2n) is 6.67. The zero-order valence-electron chi connectivity index (χ0n) is 16.8. The third kappa shape index (κ3) is 5.41. The van der Waals surface area contributed by atoms with E-state index in [1.54, 1.807) is 18.9 Å². The maximum atomic E-state index is 12.3. The molecule has 0 N–H and O–H groups in total. The molecule has 0 aliphatic heterocycles. The Morgan fingerprint density at radius 3 is 2.45 bits per heavy atom. The lowest BCUT2D eigenvalue weighted by molar-refractivity contribution is -0.133. The van der Waals surface area contributed by atoms with Crippen LogP contribution in [0.2, 0.25) is 0 Å². The number of carbonyl (C=O) groups is 1. The summed E-state index contributed by atoms with van der Waals surface area (Å²) in [4.78, 5) is 16.9. The lowest BCUT2D eigenvalue weighted by Crippen LogP contribution is -2.09. The highest BCUT2D eigenvalue weighted by atomic mass is 32.2. The fourth-order valence-corrected chi connectivity index (χ4v) is 4.26. The molecule has 1 atom stereocenters. The Balaban J connectivity index is 1.85. The first-order valence-corrected chi connectivity index (χ1v) is 10.3. The number of nitrogens with zero attached hydrogens (tertiary/aromatic N) is 1. The number of hydrogen-bond donors (Lipinski definition) is 0. The molecule has 1 fully saturated rings. The van der Waals surface area contributed by atoms with E-state index in [0.29, 0.717) is 11.5 Å². The highest BCUT2D eigenvalue weighted by molar-refractivity contribution is 8.12. The molecule has 1 unspecified atom stereocenters. The molecule has 5 nitrogen and oxygen atoms in total. The van der Waals surface area contributed by atoms with E-state index in [-0.39, 0.29) is 5.25 Å². The van der Waals surface area contributed by atoms with Crippen LogP contribution in [-0.4, -0.2) is 32.8 Å². The first-order chi connectivity index (χ1) is 14.2. The topological polar surface area (TPSA) is 57.1 Å². The minimum absolute atomic E-state index is 0.207. The summed E-state index contributed by atoms with van der Waals surface area (Å²) in [5.74, 6) is 0.956. The first kappa shape index (κ1) is 21.0. The molecule has 152 valence electrons. The molecule has 0 radical (unpaired) electrons. The Hall–Kier alpha value is -2.73. The maximum absolute atomic E-state index is 12.3. The zero-order chi connectivity index (χ0) is 20.6. The second-order valence-corrected chi connectivity index (χ2v) is 7.66. The Labute approximate surface area is 175 Å². The lowest BCUT2D eigenvalue weighted by Gasteiger charge is -2.19. The van der Waals surface area contributed by atoms with Gasteiger partial charge in [-0.25, -0.2) is 4.79 Å². The average Bonchev–Trinajstić information content (AvgIpc) is 3.60. The van der Waals surface area contributed by atoms with Crippen LogP contribution in [0, 0.1) is 5.92 Å². The molecule has 0 spiro atoms. The van der Waals surface area contributed by atoms with Crippen LogP contribution in [0.25, 0.3) is 5.57 Å². The normalized spacial score (nSPS) is 15.2. The van der Waals surface area contributed by atoms with Crippen LogP contribution < -0.4 is 4.74 Å². The van der Waals surface area contributed by atoms with Gasteiger partial charge in [0.05, 0.1) is 38.8 Å². The van der Waals surface area contributed by atoms with E-state index < -0.39 is 5.97 Å². The van der Waals surface area contributed by atoms with Crippen LogP contribution in [0.4, 0.5) is 5.69 Å². The van der Waals surface area contributed by atoms with Crippen LogP contribution in [0.1, 0.15) is 29.2 Å². The van der Waals surface area contributed by atoms with Crippen LogP contribution in [-0.2, 0) is 14.3 Å². The number of esters is 1. The number of aliphatic imine (C=N–C) groups is 1. The number of methoxy groups -OCH3 is 3. The fraction of sp³-hybridized carbons (Fsp3) is 0.304. The van der Waals surface area contributed by atoms with Gasteiger partial charge in [0.2, 0.25) is 0 Å². The summed E-state index contributed by atoms with van der Waals surface area (Å²) in [7, 11) is 4.55. The monoisotopic (exact) mass is 411 g/mol. The van der Waals surface area contributed by atoms with Crippen molar-refractivity contribution in [3.05, 3.63) is 65.9 Å². The molecule has 2 aromatic carbocycles. The Kier molecular flexibility index (Phi) is 7.36. The third-order valence-electron chi connectivity index (χ3n) is 4.73.